The van der Waals surface area contributed by atoms with Crippen molar-refractivity contribution in [3.8, 4) is 10.6 Å². The number of nitrogens with zero attached hydrogens (tertiary/aromatic N) is 2. The summed E-state index contributed by atoms with van der Waals surface area (Å²) < 4.78 is 0. The number of H-pyrrole nitrogens is 1. The molecule has 3 aromatic heterocycles. The van der Waals surface area contributed by atoms with Gasteiger partial charge in [0.1, 0.15) is 16.5 Å². The zero-order chi connectivity index (χ0) is 27.0. The fourth-order valence-electron chi connectivity index (χ4n) is 5.11. The Morgan fingerprint density at radius 3 is 2.51 bits per heavy atom. The number of benzene rings is 1. The Morgan fingerprint density at radius 2 is 1.77 bits per heavy atom. The van der Waals surface area contributed by atoms with Gasteiger partial charge in [0, 0.05) is 51.4 Å². The average Bonchev–Trinajstić information content (AvgIpc) is 3.47. The normalized spacial score (nSPS) is 16.5. The lowest BCUT2D eigenvalue weighted by Gasteiger charge is -2.32. The Hall–Kier alpha value is -4.05. The number of carbonyl (C=O) groups excluding carboxylic acids is 3. The Bertz CT molecular complexity index is 1550. The molecule has 0 saturated heterocycles. The zero-order valence-corrected chi connectivity index (χ0v) is 22.5. The van der Waals surface area contributed by atoms with Gasteiger partial charge in [-0.1, -0.05) is 26.2 Å². The van der Waals surface area contributed by atoms with Crippen LogP contribution in [0.3, 0.4) is 0 Å². The minimum Gasteiger partial charge on any atom is -0.349 e. The molecule has 9 nitrogen and oxygen atoms in total. The van der Waals surface area contributed by atoms with Gasteiger partial charge in [0.05, 0.1) is 5.56 Å². The van der Waals surface area contributed by atoms with Gasteiger partial charge in [-0.3, -0.25) is 19.4 Å². The van der Waals surface area contributed by atoms with Crippen molar-refractivity contribution in [3.05, 3.63) is 59.4 Å². The first-order chi connectivity index (χ1) is 18.9. The highest BCUT2D eigenvalue weighted by Gasteiger charge is 2.34. The summed E-state index contributed by atoms with van der Waals surface area (Å²) in [5.41, 5.74) is 2.42. The summed E-state index contributed by atoms with van der Waals surface area (Å²) >= 11 is 1.36. The van der Waals surface area contributed by atoms with Crippen molar-refractivity contribution in [1.82, 2.24) is 20.3 Å². The van der Waals surface area contributed by atoms with Crippen molar-refractivity contribution in [2.75, 3.05) is 10.6 Å². The lowest BCUT2D eigenvalue weighted by atomic mass is 9.75. The van der Waals surface area contributed by atoms with E-state index in [0.717, 1.165) is 44.1 Å². The summed E-state index contributed by atoms with van der Waals surface area (Å²) in [7, 11) is 0. The molecule has 39 heavy (non-hydrogen) atoms. The molecular weight excluding hydrogens is 512 g/mol. The third-order valence-corrected chi connectivity index (χ3v) is 8.50. The van der Waals surface area contributed by atoms with Crippen LogP contribution in [-0.2, 0) is 4.79 Å². The van der Waals surface area contributed by atoms with Gasteiger partial charge < -0.3 is 20.9 Å². The number of pyridine rings is 1. The number of hydrogen-bond donors (Lipinski definition) is 4. The minimum atomic E-state index is -0.419. The molecule has 2 aliphatic carbocycles. The van der Waals surface area contributed by atoms with E-state index in [1.54, 1.807) is 23.8 Å². The second kappa shape index (κ2) is 10.3. The number of aromatic amines is 1. The minimum absolute atomic E-state index is 0.0156. The number of anilines is 2. The molecule has 0 radical (unpaired) electrons. The van der Waals surface area contributed by atoms with E-state index in [9.17, 15) is 14.4 Å². The maximum Gasteiger partial charge on any atom is 0.276 e. The Morgan fingerprint density at radius 1 is 1.00 bits per heavy atom. The van der Waals surface area contributed by atoms with E-state index in [0.29, 0.717) is 33.0 Å². The van der Waals surface area contributed by atoms with Gasteiger partial charge in [-0.15, -0.1) is 11.3 Å². The number of rotatable bonds is 7. The standard InChI is InChI=1S/C29H30N6O3S/c1-29(11-3-2-4-12-29)28(38)32-19-7-8-20-21(15-19)33-24(23(20)26(37)31-18-5-6-18)35-25(36)22-16-39-27(34-22)17-9-13-30-14-10-17/h7-10,13-16,18,33H,2-6,11-12H2,1H3,(H,31,37)(H,32,38)(H,35,36). The topological polar surface area (TPSA) is 129 Å². The van der Waals surface area contributed by atoms with Crippen LogP contribution in [0.5, 0.6) is 0 Å². The van der Waals surface area contributed by atoms with Crippen molar-refractivity contribution in [2.45, 2.75) is 57.9 Å². The van der Waals surface area contributed by atoms with Gasteiger partial charge >= 0.3 is 0 Å². The number of aromatic nitrogens is 3. The number of carbonyl (C=O) groups is 3. The van der Waals surface area contributed by atoms with Gasteiger partial charge in [-0.2, -0.15) is 0 Å². The summed E-state index contributed by atoms with van der Waals surface area (Å²) in [6, 6.07) is 9.26. The van der Waals surface area contributed by atoms with E-state index in [1.807, 2.05) is 31.2 Å². The molecule has 2 fully saturated rings. The highest BCUT2D eigenvalue weighted by atomic mass is 32.1. The molecule has 1 aromatic carbocycles. The first-order valence-corrected chi connectivity index (χ1v) is 14.2. The number of thiazole rings is 1. The van der Waals surface area contributed by atoms with E-state index in [-0.39, 0.29) is 29.0 Å². The van der Waals surface area contributed by atoms with E-state index in [2.05, 4.69) is 30.9 Å². The van der Waals surface area contributed by atoms with Crippen molar-refractivity contribution in [3.63, 3.8) is 0 Å². The molecule has 0 atom stereocenters. The molecule has 0 aliphatic heterocycles. The average molecular weight is 543 g/mol. The van der Waals surface area contributed by atoms with Crippen LogP contribution in [0.25, 0.3) is 21.5 Å². The van der Waals surface area contributed by atoms with Crippen molar-refractivity contribution in [1.29, 1.82) is 0 Å². The summed E-state index contributed by atoms with van der Waals surface area (Å²) in [6.45, 7) is 2.03. The molecule has 6 rings (SSSR count). The van der Waals surface area contributed by atoms with Crippen LogP contribution in [0.15, 0.2) is 48.1 Å². The lowest BCUT2D eigenvalue weighted by Crippen LogP contribution is -2.35. The Balaban J connectivity index is 1.28. The smallest absolute Gasteiger partial charge is 0.276 e. The number of fused-ring (bicyclic) bond motifs is 1. The predicted molar refractivity (Wildman–Crippen MR) is 152 cm³/mol. The molecule has 10 heteroatoms. The van der Waals surface area contributed by atoms with E-state index >= 15 is 0 Å². The van der Waals surface area contributed by atoms with Crippen LogP contribution in [0.2, 0.25) is 0 Å². The van der Waals surface area contributed by atoms with Gasteiger partial charge in [0.25, 0.3) is 11.8 Å². The molecule has 200 valence electrons. The first-order valence-electron chi connectivity index (χ1n) is 13.3. The van der Waals surface area contributed by atoms with E-state index in [1.165, 1.54) is 17.8 Å². The third-order valence-electron chi connectivity index (χ3n) is 7.60. The lowest BCUT2D eigenvalue weighted by molar-refractivity contribution is -0.126. The molecule has 3 amide bonds. The van der Waals surface area contributed by atoms with Gasteiger partial charge in [0.2, 0.25) is 5.91 Å². The molecule has 4 aromatic rings. The predicted octanol–water partition coefficient (Wildman–Crippen LogP) is 5.74. The molecule has 0 unspecified atom stereocenters. The Labute approximate surface area is 229 Å². The van der Waals surface area contributed by atoms with Gasteiger partial charge in [-0.05, 0) is 56.0 Å². The highest BCUT2D eigenvalue weighted by Crippen LogP contribution is 2.37. The quantitative estimate of drug-likeness (QED) is 0.237. The van der Waals surface area contributed by atoms with Crippen LogP contribution in [0.1, 0.15) is 72.7 Å². The van der Waals surface area contributed by atoms with Crippen LogP contribution >= 0.6 is 11.3 Å². The maximum atomic E-state index is 13.2. The van der Waals surface area contributed by atoms with Crippen LogP contribution in [0.4, 0.5) is 11.5 Å². The van der Waals surface area contributed by atoms with Crippen LogP contribution < -0.4 is 16.0 Å². The Kier molecular flexibility index (Phi) is 6.64. The second-order valence-corrected chi connectivity index (χ2v) is 11.5. The van der Waals surface area contributed by atoms with Crippen molar-refractivity contribution < 1.29 is 14.4 Å². The molecule has 0 spiro atoms. The summed E-state index contributed by atoms with van der Waals surface area (Å²) in [5.74, 6) is -0.352. The third kappa shape index (κ3) is 5.29. The van der Waals surface area contributed by atoms with E-state index in [4.69, 9.17) is 0 Å². The molecule has 3 heterocycles. The molecule has 4 N–H and O–H groups in total. The summed E-state index contributed by atoms with van der Waals surface area (Å²) in [5, 5.41) is 12.0. The maximum absolute atomic E-state index is 13.2. The number of hydrogen-bond acceptors (Lipinski definition) is 6. The van der Waals surface area contributed by atoms with Crippen molar-refractivity contribution in [2.24, 2.45) is 5.41 Å². The molecule has 0 bridgehead atoms. The summed E-state index contributed by atoms with van der Waals surface area (Å²) in [4.78, 5) is 51.2. The molecular formula is C29H30N6O3S. The number of nitrogens with one attached hydrogen (secondary N) is 4. The van der Waals surface area contributed by atoms with Crippen molar-refractivity contribution >= 4 is 51.5 Å². The monoisotopic (exact) mass is 542 g/mol. The number of amides is 3. The summed E-state index contributed by atoms with van der Waals surface area (Å²) in [6.07, 6.45) is 10.3. The highest BCUT2D eigenvalue weighted by molar-refractivity contribution is 7.13. The van der Waals surface area contributed by atoms with Crippen LogP contribution in [0, 0.1) is 5.41 Å². The van der Waals surface area contributed by atoms with Gasteiger partial charge in [0.15, 0.2) is 0 Å². The fourth-order valence-corrected chi connectivity index (χ4v) is 5.92. The SMILES string of the molecule is CC1(C(=O)Nc2ccc3c(C(=O)NC4CC4)c(NC(=O)c4csc(-c5ccncc5)n4)[nH]c3c2)CCCCC1. The molecule has 2 aliphatic rings. The largest absolute Gasteiger partial charge is 0.349 e. The van der Waals surface area contributed by atoms with E-state index < -0.39 is 5.91 Å². The zero-order valence-electron chi connectivity index (χ0n) is 21.7. The van der Waals surface area contributed by atoms with Gasteiger partial charge in [-0.25, -0.2) is 4.98 Å². The fraction of sp³-hybridized carbons (Fsp3) is 0.345. The first kappa shape index (κ1) is 25.2. The molecule has 2 saturated carbocycles. The second-order valence-electron chi connectivity index (χ2n) is 10.7. The van der Waals surface area contributed by atoms with Crippen LogP contribution in [-0.4, -0.2) is 38.7 Å².